The number of furan rings is 1. The molecule has 1 saturated heterocycles. The van der Waals surface area contributed by atoms with E-state index in [1.165, 1.54) is 11.0 Å². The van der Waals surface area contributed by atoms with Gasteiger partial charge in [0.2, 0.25) is 5.91 Å². The van der Waals surface area contributed by atoms with Crippen molar-refractivity contribution < 1.29 is 18.9 Å². The largest absolute Gasteiger partial charge is 0.433 e. The number of benzene rings is 1. The number of aromatic nitrogens is 2. The van der Waals surface area contributed by atoms with Crippen LogP contribution in [0, 0.1) is 16.0 Å². The molecular formula is C16H13N5O5. The van der Waals surface area contributed by atoms with Gasteiger partial charge in [0, 0.05) is 24.2 Å². The fourth-order valence-corrected chi connectivity index (χ4v) is 2.77. The highest BCUT2D eigenvalue weighted by molar-refractivity contribution is 5.98. The molecule has 0 saturated carbocycles. The Morgan fingerprint density at radius 2 is 2.12 bits per heavy atom. The number of carbonyl (C=O) groups is 2. The number of nitrogens with one attached hydrogen (secondary N) is 2. The molecule has 3 aromatic rings. The van der Waals surface area contributed by atoms with E-state index in [2.05, 4.69) is 15.5 Å². The van der Waals surface area contributed by atoms with Crippen LogP contribution < -0.4 is 5.32 Å². The monoisotopic (exact) mass is 355 g/mol. The van der Waals surface area contributed by atoms with Crippen molar-refractivity contribution in [1.29, 1.82) is 0 Å². The number of anilines is 1. The molecule has 0 atom stereocenters. The Kier molecular flexibility index (Phi) is 3.64. The van der Waals surface area contributed by atoms with Crippen molar-refractivity contribution in [3.8, 4) is 0 Å². The van der Waals surface area contributed by atoms with E-state index in [1.54, 1.807) is 18.3 Å². The van der Waals surface area contributed by atoms with E-state index >= 15 is 0 Å². The van der Waals surface area contributed by atoms with Crippen LogP contribution >= 0.6 is 0 Å². The van der Waals surface area contributed by atoms with Crippen molar-refractivity contribution >= 4 is 34.3 Å². The van der Waals surface area contributed by atoms with Crippen molar-refractivity contribution in [2.75, 3.05) is 18.4 Å². The average molecular weight is 355 g/mol. The highest BCUT2D eigenvalue weighted by Crippen LogP contribution is 2.24. The van der Waals surface area contributed by atoms with Crippen molar-refractivity contribution in [2.45, 2.75) is 0 Å². The number of likely N-dealkylation sites (tertiary alicyclic amines) is 1. The minimum Gasteiger partial charge on any atom is -0.395 e. The quantitative estimate of drug-likeness (QED) is 0.541. The Labute approximate surface area is 145 Å². The first kappa shape index (κ1) is 15.8. The molecule has 0 aliphatic carbocycles. The van der Waals surface area contributed by atoms with Crippen LogP contribution in [0.15, 0.2) is 40.9 Å². The molecule has 4 rings (SSSR count). The second-order valence-corrected chi connectivity index (χ2v) is 5.96. The second kappa shape index (κ2) is 5.99. The molecule has 1 aliphatic heterocycles. The second-order valence-electron chi connectivity index (χ2n) is 5.96. The first-order valence-corrected chi connectivity index (χ1v) is 7.79. The normalized spacial score (nSPS) is 14.2. The van der Waals surface area contributed by atoms with E-state index in [4.69, 9.17) is 4.42 Å². The van der Waals surface area contributed by atoms with E-state index < -0.39 is 16.7 Å². The number of rotatable bonds is 4. The molecule has 2 amide bonds. The molecule has 10 nitrogen and oxygen atoms in total. The van der Waals surface area contributed by atoms with Gasteiger partial charge in [0.25, 0.3) is 5.91 Å². The predicted molar refractivity (Wildman–Crippen MR) is 89.5 cm³/mol. The van der Waals surface area contributed by atoms with Gasteiger partial charge in [-0.1, -0.05) is 0 Å². The molecule has 132 valence electrons. The number of hydrogen-bond acceptors (Lipinski definition) is 6. The van der Waals surface area contributed by atoms with E-state index in [1.807, 2.05) is 6.07 Å². The fraction of sp³-hybridized carbons (Fsp3) is 0.188. The summed E-state index contributed by atoms with van der Waals surface area (Å²) in [5.41, 5.74) is 1.45. The summed E-state index contributed by atoms with van der Waals surface area (Å²) < 4.78 is 4.89. The zero-order chi connectivity index (χ0) is 18.3. The molecular weight excluding hydrogens is 342 g/mol. The van der Waals surface area contributed by atoms with E-state index in [0.717, 1.165) is 17.0 Å². The maximum absolute atomic E-state index is 12.3. The highest BCUT2D eigenvalue weighted by atomic mass is 16.6. The summed E-state index contributed by atoms with van der Waals surface area (Å²) in [6.45, 7) is 0.455. The van der Waals surface area contributed by atoms with E-state index in [9.17, 15) is 19.7 Å². The summed E-state index contributed by atoms with van der Waals surface area (Å²) in [7, 11) is 0. The van der Waals surface area contributed by atoms with Crippen LogP contribution in [0.3, 0.4) is 0 Å². The van der Waals surface area contributed by atoms with Gasteiger partial charge in [-0.15, -0.1) is 0 Å². The number of aromatic amines is 1. The Bertz CT molecular complexity index is 1020. The van der Waals surface area contributed by atoms with Gasteiger partial charge >= 0.3 is 5.88 Å². The van der Waals surface area contributed by atoms with Gasteiger partial charge in [0.05, 0.1) is 23.7 Å². The van der Waals surface area contributed by atoms with Crippen LogP contribution in [-0.4, -0.2) is 44.9 Å². The minimum atomic E-state index is -0.709. The molecule has 10 heteroatoms. The summed E-state index contributed by atoms with van der Waals surface area (Å²) in [5, 5.41) is 21.1. The topological polar surface area (TPSA) is 134 Å². The van der Waals surface area contributed by atoms with Crippen LogP contribution in [0.25, 0.3) is 10.9 Å². The maximum Gasteiger partial charge on any atom is 0.433 e. The molecule has 0 spiro atoms. The Morgan fingerprint density at radius 1 is 1.31 bits per heavy atom. The van der Waals surface area contributed by atoms with Gasteiger partial charge in [-0.2, -0.15) is 5.10 Å². The highest BCUT2D eigenvalue weighted by Gasteiger charge is 2.37. The third kappa shape index (κ3) is 2.77. The Hall–Kier alpha value is -3.69. The van der Waals surface area contributed by atoms with Gasteiger partial charge in [-0.25, -0.2) is 0 Å². The summed E-state index contributed by atoms with van der Waals surface area (Å²) >= 11 is 0. The van der Waals surface area contributed by atoms with Gasteiger partial charge in [0.15, 0.2) is 5.76 Å². The zero-order valence-corrected chi connectivity index (χ0v) is 13.3. The van der Waals surface area contributed by atoms with E-state index in [0.29, 0.717) is 5.69 Å². The van der Waals surface area contributed by atoms with Crippen molar-refractivity contribution in [3.63, 3.8) is 0 Å². The lowest BCUT2D eigenvalue weighted by molar-refractivity contribution is -0.402. The Morgan fingerprint density at radius 3 is 2.85 bits per heavy atom. The van der Waals surface area contributed by atoms with Crippen molar-refractivity contribution in [2.24, 2.45) is 5.92 Å². The van der Waals surface area contributed by atoms with Crippen molar-refractivity contribution in [3.05, 3.63) is 52.4 Å². The number of amides is 2. The first-order valence-electron chi connectivity index (χ1n) is 7.79. The van der Waals surface area contributed by atoms with Crippen LogP contribution in [0.4, 0.5) is 11.6 Å². The molecule has 2 N–H and O–H groups in total. The van der Waals surface area contributed by atoms with Crippen LogP contribution in [0.2, 0.25) is 0 Å². The standard InChI is InChI=1S/C16H13N5O5/c22-15(18-11-2-1-9-6-17-19-12(9)5-11)10-7-20(8-10)16(23)13-3-4-14(26-13)21(24)25/h1-6,10H,7-8H2,(H,17,19)(H,18,22). The van der Waals surface area contributed by atoms with Crippen LogP contribution in [0.1, 0.15) is 10.6 Å². The van der Waals surface area contributed by atoms with Crippen molar-refractivity contribution in [1.82, 2.24) is 15.1 Å². The minimum absolute atomic E-state index is 0.111. The number of hydrogen-bond donors (Lipinski definition) is 2. The first-order chi connectivity index (χ1) is 12.5. The molecule has 0 bridgehead atoms. The summed E-state index contributed by atoms with van der Waals surface area (Å²) in [6.07, 6.45) is 1.69. The average Bonchev–Trinajstić information content (AvgIpc) is 3.22. The number of nitrogens with zero attached hydrogens (tertiary/aromatic N) is 3. The summed E-state index contributed by atoms with van der Waals surface area (Å²) in [6, 6.07) is 7.79. The van der Waals surface area contributed by atoms with E-state index in [-0.39, 0.29) is 30.7 Å². The molecule has 3 heterocycles. The summed E-state index contributed by atoms with van der Waals surface area (Å²) in [4.78, 5) is 35.7. The number of H-pyrrole nitrogens is 1. The molecule has 1 aliphatic rings. The molecule has 2 aromatic heterocycles. The summed E-state index contributed by atoms with van der Waals surface area (Å²) in [5.74, 6) is -1.61. The predicted octanol–water partition coefficient (Wildman–Crippen LogP) is 1.77. The lowest BCUT2D eigenvalue weighted by atomic mass is 9.98. The third-order valence-electron chi connectivity index (χ3n) is 4.23. The van der Waals surface area contributed by atoms with Gasteiger partial charge in [-0.3, -0.25) is 24.8 Å². The Balaban J connectivity index is 1.35. The lowest BCUT2D eigenvalue weighted by Crippen LogP contribution is -2.54. The molecule has 0 unspecified atom stereocenters. The number of fused-ring (bicyclic) bond motifs is 1. The lowest BCUT2D eigenvalue weighted by Gasteiger charge is -2.37. The zero-order valence-electron chi connectivity index (χ0n) is 13.3. The molecule has 1 fully saturated rings. The number of carbonyl (C=O) groups excluding carboxylic acids is 2. The molecule has 26 heavy (non-hydrogen) atoms. The maximum atomic E-state index is 12.3. The fourth-order valence-electron chi connectivity index (χ4n) is 2.77. The third-order valence-corrected chi connectivity index (χ3v) is 4.23. The van der Waals surface area contributed by atoms with Crippen LogP contribution in [0.5, 0.6) is 0 Å². The van der Waals surface area contributed by atoms with Gasteiger partial charge in [-0.05, 0) is 24.3 Å². The smallest absolute Gasteiger partial charge is 0.395 e. The van der Waals surface area contributed by atoms with Gasteiger partial charge < -0.3 is 14.6 Å². The SMILES string of the molecule is O=C(Nc1ccc2cn[nH]c2c1)C1CN(C(=O)c2ccc([N+](=O)[O-])o2)C1. The molecule has 0 radical (unpaired) electrons. The van der Waals surface area contributed by atoms with Gasteiger partial charge in [0.1, 0.15) is 4.92 Å². The molecule has 1 aromatic carbocycles. The van der Waals surface area contributed by atoms with Crippen LogP contribution in [-0.2, 0) is 4.79 Å². The number of nitro groups is 1.